The molecule has 0 aliphatic heterocycles. The summed E-state index contributed by atoms with van der Waals surface area (Å²) in [7, 11) is 1.85. The summed E-state index contributed by atoms with van der Waals surface area (Å²) in [6, 6.07) is 9.80. The van der Waals surface area contributed by atoms with Crippen LogP contribution in [0.3, 0.4) is 0 Å². The fourth-order valence-electron chi connectivity index (χ4n) is 1.92. The van der Waals surface area contributed by atoms with Gasteiger partial charge in [0.1, 0.15) is 0 Å². The number of hydrogen-bond acceptors (Lipinski definition) is 3. The molecular weight excluding hydrogens is 354 g/mol. The van der Waals surface area contributed by atoms with Gasteiger partial charge >= 0.3 is 0 Å². The van der Waals surface area contributed by atoms with Gasteiger partial charge in [-0.15, -0.1) is 24.0 Å². The zero-order valence-corrected chi connectivity index (χ0v) is 14.6. The number of benzene rings is 1. The van der Waals surface area contributed by atoms with Crippen LogP contribution in [0.5, 0.6) is 0 Å². The first-order chi connectivity index (χ1) is 9.49. The quantitative estimate of drug-likeness (QED) is 0.786. The van der Waals surface area contributed by atoms with Crippen molar-refractivity contribution in [1.82, 2.24) is 4.90 Å². The average molecular weight is 370 g/mol. The molecular formula is C15H16BrNOS2. The topological polar surface area (TPSA) is 20.3 Å². The number of carbonyl (C=O) groups excluding carboxylic acids is 1. The largest absolute Gasteiger partial charge is 0.339 e. The lowest BCUT2D eigenvalue weighted by molar-refractivity contribution is 0.0743. The molecule has 0 aliphatic rings. The zero-order valence-electron chi connectivity index (χ0n) is 11.3. The predicted octanol–water partition coefficient (Wildman–Crippen LogP) is 4.50. The van der Waals surface area contributed by atoms with Gasteiger partial charge in [-0.05, 0) is 52.5 Å². The molecule has 0 radical (unpaired) electrons. The summed E-state index contributed by atoms with van der Waals surface area (Å²) in [5.41, 5.74) is 0.651. The Labute approximate surface area is 137 Å². The highest BCUT2D eigenvalue weighted by Crippen LogP contribution is 2.23. The van der Waals surface area contributed by atoms with Crippen LogP contribution in [0, 0.1) is 0 Å². The van der Waals surface area contributed by atoms with E-state index in [2.05, 4.69) is 46.9 Å². The minimum Gasteiger partial charge on any atom is -0.339 e. The Balaban J connectivity index is 2.13. The van der Waals surface area contributed by atoms with Crippen molar-refractivity contribution in [1.29, 1.82) is 0 Å². The lowest BCUT2D eigenvalue weighted by Gasteiger charge is -2.25. The second-order valence-corrected chi connectivity index (χ2v) is 7.12. The lowest BCUT2D eigenvalue weighted by atomic mass is 10.1. The van der Waals surface area contributed by atoms with E-state index in [1.165, 1.54) is 4.88 Å². The van der Waals surface area contributed by atoms with Crippen LogP contribution in [0.1, 0.15) is 22.2 Å². The molecule has 0 saturated carbocycles. The van der Waals surface area contributed by atoms with Gasteiger partial charge in [-0.1, -0.05) is 6.07 Å². The smallest absolute Gasteiger partial charge is 0.255 e. The normalized spacial score (nSPS) is 12.2. The summed E-state index contributed by atoms with van der Waals surface area (Å²) >= 11 is 9.45. The number of halogens is 1. The molecule has 0 fully saturated rings. The minimum absolute atomic E-state index is 0.0110. The summed E-state index contributed by atoms with van der Waals surface area (Å²) in [6.45, 7) is 2.07. The first-order valence-electron chi connectivity index (χ1n) is 6.27. The van der Waals surface area contributed by atoms with Crippen molar-refractivity contribution in [3.63, 3.8) is 0 Å². The molecule has 20 heavy (non-hydrogen) atoms. The van der Waals surface area contributed by atoms with E-state index in [4.69, 9.17) is 0 Å². The molecule has 1 atom stereocenters. The van der Waals surface area contributed by atoms with Gasteiger partial charge in [0.2, 0.25) is 0 Å². The van der Waals surface area contributed by atoms with E-state index in [-0.39, 0.29) is 11.9 Å². The number of rotatable bonds is 4. The van der Waals surface area contributed by atoms with Crippen LogP contribution >= 0.6 is 39.9 Å². The number of thiophene rings is 1. The molecule has 0 spiro atoms. The van der Waals surface area contributed by atoms with Crippen molar-refractivity contribution in [3.05, 3.63) is 50.6 Å². The fraction of sp³-hybridized carbons (Fsp3) is 0.267. The highest BCUT2D eigenvalue weighted by molar-refractivity contribution is 9.10. The second-order valence-electron chi connectivity index (χ2n) is 4.71. The van der Waals surface area contributed by atoms with Crippen molar-refractivity contribution in [2.45, 2.75) is 24.3 Å². The van der Waals surface area contributed by atoms with Gasteiger partial charge in [-0.2, -0.15) is 0 Å². The van der Waals surface area contributed by atoms with Crippen LogP contribution in [-0.4, -0.2) is 23.9 Å². The Bertz CT molecular complexity index is 598. The van der Waals surface area contributed by atoms with Crippen LogP contribution in [-0.2, 0) is 6.42 Å². The maximum Gasteiger partial charge on any atom is 0.255 e. The third kappa shape index (κ3) is 3.65. The van der Waals surface area contributed by atoms with E-state index in [0.29, 0.717) is 5.56 Å². The van der Waals surface area contributed by atoms with E-state index in [1.54, 1.807) is 22.3 Å². The Morgan fingerprint density at radius 1 is 1.45 bits per heavy atom. The molecule has 5 heteroatoms. The highest BCUT2D eigenvalue weighted by Gasteiger charge is 2.20. The van der Waals surface area contributed by atoms with Crippen molar-refractivity contribution >= 4 is 45.8 Å². The fourth-order valence-corrected chi connectivity index (χ4v) is 3.37. The standard InChI is InChI=1S/C15H16BrNOS2/c1-10(8-12-4-3-7-20-12)17(2)15(18)13-9-11(19)5-6-14(13)16/h3-7,9-10,19H,8H2,1-2H3. The molecule has 2 nitrogen and oxygen atoms in total. The molecule has 0 bridgehead atoms. The average Bonchev–Trinajstić information content (AvgIpc) is 2.92. The number of carbonyl (C=O) groups is 1. The molecule has 1 aromatic carbocycles. The van der Waals surface area contributed by atoms with Gasteiger partial charge in [-0.25, -0.2) is 0 Å². The number of thiol groups is 1. The molecule has 1 unspecified atom stereocenters. The van der Waals surface area contributed by atoms with Crippen LogP contribution in [0.25, 0.3) is 0 Å². The minimum atomic E-state index is 0.0110. The van der Waals surface area contributed by atoms with Gasteiger partial charge in [0, 0.05) is 33.8 Å². The number of hydrogen-bond donors (Lipinski definition) is 1. The summed E-state index contributed by atoms with van der Waals surface area (Å²) in [5, 5.41) is 2.06. The van der Waals surface area contributed by atoms with Gasteiger partial charge in [0.25, 0.3) is 5.91 Å². The number of likely N-dealkylation sites (N-methyl/N-ethyl adjacent to an activating group) is 1. The van der Waals surface area contributed by atoms with Gasteiger partial charge in [0.05, 0.1) is 5.56 Å². The molecule has 0 aliphatic carbocycles. The van der Waals surface area contributed by atoms with Crippen LogP contribution < -0.4 is 0 Å². The van der Waals surface area contributed by atoms with E-state index >= 15 is 0 Å². The maximum absolute atomic E-state index is 12.6. The van der Waals surface area contributed by atoms with Crippen molar-refractivity contribution < 1.29 is 4.79 Å². The number of nitrogens with zero attached hydrogens (tertiary/aromatic N) is 1. The van der Waals surface area contributed by atoms with E-state index < -0.39 is 0 Å². The Morgan fingerprint density at radius 2 is 2.20 bits per heavy atom. The van der Waals surface area contributed by atoms with Crippen LogP contribution in [0.4, 0.5) is 0 Å². The Morgan fingerprint density at radius 3 is 2.85 bits per heavy atom. The molecule has 2 rings (SSSR count). The summed E-state index contributed by atoms with van der Waals surface area (Å²) in [6.07, 6.45) is 0.873. The third-order valence-electron chi connectivity index (χ3n) is 3.24. The molecule has 1 aromatic heterocycles. The first kappa shape index (κ1) is 15.6. The lowest BCUT2D eigenvalue weighted by Crippen LogP contribution is -2.36. The third-order valence-corrected chi connectivity index (χ3v) is 5.11. The SMILES string of the molecule is CC(Cc1cccs1)N(C)C(=O)c1cc(S)ccc1Br. The van der Waals surface area contributed by atoms with Crippen LogP contribution in [0.2, 0.25) is 0 Å². The van der Waals surface area contributed by atoms with E-state index in [9.17, 15) is 4.79 Å². The monoisotopic (exact) mass is 369 g/mol. The zero-order chi connectivity index (χ0) is 14.7. The van der Waals surface area contributed by atoms with Crippen molar-refractivity contribution in [2.75, 3.05) is 7.05 Å². The maximum atomic E-state index is 12.6. The van der Waals surface area contributed by atoms with Crippen molar-refractivity contribution in [3.8, 4) is 0 Å². The molecule has 1 amide bonds. The van der Waals surface area contributed by atoms with Crippen molar-refractivity contribution in [2.24, 2.45) is 0 Å². The Kier molecular flexibility index (Phi) is 5.29. The van der Waals surface area contributed by atoms with E-state index in [0.717, 1.165) is 15.8 Å². The summed E-state index contributed by atoms with van der Waals surface area (Å²) < 4.78 is 0.801. The molecule has 106 valence electrons. The second kappa shape index (κ2) is 6.78. The first-order valence-corrected chi connectivity index (χ1v) is 8.39. The molecule has 0 saturated heterocycles. The Hall–Kier alpha value is -0.780. The van der Waals surface area contributed by atoms with Gasteiger partial charge in [0.15, 0.2) is 0 Å². The highest BCUT2D eigenvalue weighted by atomic mass is 79.9. The molecule has 1 heterocycles. The van der Waals surface area contributed by atoms with E-state index in [1.807, 2.05) is 25.2 Å². The predicted molar refractivity (Wildman–Crippen MR) is 91.0 cm³/mol. The number of amides is 1. The van der Waals surface area contributed by atoms with Crippen LogP contribution in [0.15, 0.2) is 45.1 Å². The van der Waals surface area contributed by atoms with Gasteiger partial charge in [-0.3, -0.25) is 4.79 Å². The molecule has 2 aromatic rings. The van der Waals surface area contributed by atoms with Gasteiger partial charge < -0.3 is 4.90 Å². The summed E-state index contributed by atoms with van der Waals surface area (Å²) in [4.78, 5) is 16.4. The molecule has 0 N–H and O–H groups in total. The summed E-state index contributed by atoms with van der Waals surface area (Å²) in [5.74, 6) is 0.0110.